The van der Waals surface area contributed by atoms with Gasteiger partial charge in [0.15, 0.2) is 5.96 Å². The summed E-state index contributed by atoms with van der Waals surface area (Å²) in [5, 5.41) is 7.15. The third-order valence-corrected chi connectivity index (χ3v) is 5.89. The number of hydrogen-bond donors (Lipinski definition) is 2. The maximum atomic E-state index is 14.7. The molecule has 10 heteroatoms. The number of ether oxygens (including phenoxy) is 2. The van der Waals surface area contributed by atoms with Crippen LogP contribution in [-0.4, -0.2) is 94.5 Å². The van der Waals surface area contributed by atoms with Crippen LogP contribution in [0.5, 0.6) is 0 Å². The summed E-state index contributed by atoms with van der Waals surface area (Å²) in [6.45, 7) is 9.78. The molecule has 2 heterocycles. The van der Waals surface area contributed by atoms with Gasteiger partial charge in [-0.15, -0.1) is 24.0 Å². The molecule has 0 aromatic heterocycles. The van der Waals surface area contributed by atoms with E-state index in [0.29, 0.717) is 29.7 Å². The number of nitrogens with zero attached hydrogens (tertiary/aromatic N) is 3. The molecule has 0 amide bonds. The lowest BCUT2D eigenvalue weighted by molar-refractivity contribution is -0.0343. The zero-order chi connectivity index (χ0) is 21.3. The van der Waals surface area contributed by atoms with E-state index in [0.717, 1.165) is 52.5 Å². The number of halogens is 3. The summed E-state index contributed by atoms with van der Waals surface area (Å²) >= 11 is 6.41. The molecule has 3 rings (SSSR count). The van der Waals surface area contributed by atoms with Crippen LogP contribution in [0.1, 0.15) is 18.5 Å². The van der Waals surface area contributed by atoms with E-state index in [4.69, 9.17) is 21.1 Å². The SMILES string of the molecule is CN=C(NCCN1CCOCC1)NCC(c1c(F)cccc1Cl)N1CCOC(C)C1.I. The molecule has 1 aromatic carbocycles. The lowest BCUT2D eigenvalue weighted by atomic mass is 10.0. The largest absolute Gasteiger partial charge is 0.379 e. The van der Waals surface area contributed by atoms with Crippen molar-refractivity contribution in [3.63, 3.8) is 0 Å². The standard InChI is InChI=1S/C21H33ClFN5O2.HI/c1-16-15-28(10-13-30-16)19(20-17(22)4-3-5-18(20)23)14-26-21(24-2)25-6-7-27-8-11-29-12-9-27;/h3-5,16,19H,6-15H2,1-2H3,(H2,24,25,26);1H. The van der Waals surface area contributed by atoms with Crippen LogP contribution >= 0.6 is 35.6 Å². The number of morpholine rings is 2. The van der Waals surface area contributed by atoms with Gasteiger partial charge in [0, 0.05) is 63.4 Å². The molecule has 0 bridgehead atoms. The molecule has 1 aromatic rings. The molecule has 7 nitrogen and oxygen atoms in total. The number of guanidine groups is 1. The van der Waals surface area contributed by atoms with Crippen molar-refractivity contribution in [1.29, 1.82) is 0 Å². The zero-order valence-electron chi connectivity index (χ0n) is 18.3. The molecule has 0 aliphatic carbocycles. The van der Waals surface area contributed by atoms with Crippen LogP contribution < -0.4 is 10.6 Å². The predicted octanol–water partition coefficient (Wildman–Crippen LogP) is 2.36. The monoisotopic (exact) mass is 569 g/mol. The van der Waals surface area contributed by atoms with Crippen molar-refractivity contribution in [3.05, 3.63) is 34.6 Å². The van der Waals surface area contributed by atoms with Crippen molar-refractivity contribution in [2.75, 3.05) is 72.7 Å². The molecule has 2 unspecified atom stereocenters. The first-order chi connectivity index (χ1) is 14.6. The number of aliphatic imine (C=N–C) groups is 1. The van der Waals surface area contributed by atoms with E-state index in [2.05, 4.69) is 25.4 Å². The minimum absolute atomic E-state index is 0. The number of hydrogen-bond acceptors (Lipinski definition) is 5. The first-order valence-corrected chi connectivity index (χ1v) is 11.0. The summed E-state index contributed by atoms with van der Waals surface area (Å²) in [6.07, 6.45) is 0.0951. The Balaban J connectivity index is 0.00000341. The fourth-order valence-electron chi connectivity index (χ4n) is 3.94. The highest BCUT2D eigenvalue weighted by atomic mass is 127. The molecular formula is C21H34ClFIN5O2. The molecule has 0 saturated carbocycles. The highest BCUT2D eigenvalue weighted by molar-refractivity contribution is 14.0. The molecule has 0 radical (unpaired) electrons. The molecule has 2 aliphatic rings. The Morgan fingerprint density at radius 1 is 1.26 bits per heavy atom. The normalized spacial score (nSPS) is 21.9. The highest BCUT2D eigenvalue weighted by Crippen LogP contribution is 2.31. The third-order valence-electron chi connectivity index (χ3n) is 5.56. The molecule has 2 atom stereocenters. The van der Waals surface area contributed by atoms with Gasteiger partial charge in [-0.2, -0.15) is 0 Å². The van der Waals surface area contributed by atoms with Crippen LogP contribution in [0.25, 0.3) is 0 Å². The number of benzene rings is 1. The van der Waals surface area contributed by atoms with Crippen LogP contribution in [0.3, 0.4) is 0 Å². The van der Waals surface area contributed by atoms with Crippen molar-refractivity contribution >= 4 is 41.5 Å². The minimum Gasteiger partial charge on any atom is -0.379 e. The molecule has 0 spiro atoms. The van der Waals surface area contributed by atoms with Crippen LogP contribution in [0, 0.1) is 5.82 Å². The quantitative estimate of drug-likeness (QED) is 0.299. The summed E-state index contributed by atoms with van der Waals surface area (Å²) in [5.41, 5.74) is 0.518. The zero-order valence-corrected chi connectivity index (χ0v) is 21.4. The number of rotatable bonds is 7. The average Bonchev–Trinajstić information content (AvgIpc) is 2.75. The van der Waals surface area contributed by atoms with Crippen LogP contribution in [-0.2, 0) is 9.47 Å². The summed E-state index contributed by atoms with van der Waals surface area (Å²) in [5.74, 6) is 0.408. The van der Waals surface area contributed by atoms with Gasteiger partial charge >= 0.3 is 0 Å². The van der Waals surface area contributed by atoms with Gasteiger partial charge in [-0.3, -0.25) is 14.8 Å². The second-order valence-corrected chi connectivity index (χ2v) is 8.07. The van der Waals surface area contributed by atoms with Crippen molar-refractivity contribution in [2.24, 2.45) is 4.99 Å². The molecular weight excluding hydrogens is 536 g/mol. The second kappa shape index (κ2) is 13.7. The minimum atomic E-state index is -0.288. The fourth-order valence-corrected chi connectivity index (χ4v) is 4.23. The van der Waals surface area contributed by atoms with Crippen molar-refractivity contribution in [2.45, 2.75) is 19.1 Å². The Hall–Kier alpha value is -0.720. The van der Waals surface area contributed by atoms with Crippen molar-refractivity contribution in [3.8, 4) is 0 Å². The van der Waals surface area contributed by atoms with Gasteiger partial charge in [-0.1, -0.05) is 17.7 Å². The van der Waals surface area contributed by atoms with E-state index >= 15 is 0 Å². The Morgan fingerprint density at radius 2 is 2.03 bits per heavy atom. The molecule has 2 fully saturated rings. The van der Waals surface area contributed by atoms with E-state index in [1.165, 1.54) is 6.07 Å². The Bertz CT molecular complexity index is 688. The maximum absolute atomic E-state index is 14.7. The smallest absolute Gasteiger partial charge is 0.191 e. The first-order valence-electron chi connectivity index (χ1n) is 10.6. The summed E-state index contributed by atoms with van der Waals surface area (Å²) in [7, 11) is 1.74. The molecule has 2 saturated heterocycles. The van der Waals surface area contributed by atoms with E-state index in [9.17, 15) is 4.39 Å². The van der Waals surface area contributed by atoms with Crippen LogP contribution in [0.2, 0.25) is 5.02 Å². The number of nitrogens with one attached hydrogen (secondary N) is 2. The Morgan fingerprint density at radius 3 is 2.71 bits per heavy atom. The van der Waals surface area contributed by atoms with Crippen LogP contribution in [0.4, 0.5) is 4.39 Å². The second-order valence-electron chi connectivity index (χ2n) is 7.66. The van der Waals surface area contributed by atoms with Gasteiger partial charge in [0.1, 0.15) is 5.82 Å². The molecule has 2 aliphatic heterocycles. The summed E-state index contributed by atoms with van der Waals surface area (Å²) < 4.78 is 25.8. The van der Waals surface area contributed by atoms with Gasteiger partial charge in [-0.25, -0.2) is 4.39 Å². The first kappa shape index (κ1) is 26.5. The maximum Gasteiger partial charge on any atom is 0.191 e. The van der Waals surface area contributed by atoms with Gasteiger partial charge in [0.05, 0.1) is 32.0 Å². The Labute approximate surface area is 206 Å². The van der Waals surface area contributed by atoms with Crippen molar-refractivity contribution in [1.82, 2.24) is 20.4 Å². The lowest BCUT2D eigenvalue weighted by Crippen LogP contribution is -2.49. The fraction of sp³-hybridized carbons (Fsp3) is 0.667. The van der Waals surface area contributed by atoms with Crippen LogP contribution in [0.15, 0.2) is 23.2 Å². The molecule has 31 heavy (non-hydrogen) atoms. The topological polar surface area (TPSA) is 61.4 Å². The average molecular weight is 570 g/mol. The summed E-state index contributed by atoms with van der Waals surface area (Å²) in [6, 6.07) is 4.63. The van der Waals surface area contributed by atoms with Crippen molar-refractivity contribution < 1.29 is 13.9 Å². The van der Waals surface area contributed by atoms with E-state index < -0.39 is 0 Å². The van der Waals surface area contributed by atoms with Gasteiger partial charge in [0.2, 0.25) is 0 Å². The lowest BCUT2D eigenvalue weighted by Gasteiger charge is -2.38. The third kappa shape index (κ3) is 7.97. The Kier molecular flexibility index (Phi) is 11.8. The molecule has 176 valence electrons. The van der Waals surface area contributed by atoms with E-state index in [-0.39, 0.29) is 41.9 Å². The van der Waals surface area contributed by atoms with E-state index in [1.807, 2.05) is 6.92 Å². The van der Waals surface area contributed by atoms with Gasteiger partial charge in [0.25, 0.3) is 0 Å². The highest BCUT2D eigenvalue weighted by Gasteiger charge is 2.29. The van der Waals surface area contributed by atoms with E-state index in [1.54, 1.807) is 19.2 Å². The summed E-state index contributed by atoms with van der Waals surface area (Å²) in [4.78, 5) is 8.91. The predicted molar refractivity (Wildman–Crippen MR) is 133 cm³/mol. The van der Waals surface area contributed by atoms with Gasteiger partial charge < -0.3 is 20.1 Å². The molecule has 2 N–H and O–H groups in total. The van der Waals surface area contributed by atoms with Gasteiger partial charge in [-0.05, 0) is 19.1 Å².